The molecule has 6 nitrogen and oxygen atoms in total. The van der Waals surface area contributed by atoms with Crippen LogP contribution in [0.25, 0.3) is 0 Å². The van der Waals surface area contributed by atoms with E-state index >= 15 is 0 Å². The smallest absolute Gasteiger partial charge is 0.408 e. The first kappa shape index (κ1) is 27.3. The van der Waals surface area contributed by atoms with Gasteiger partial charge in [-0.25, -0.2) is 9.18 Å². The van der Waals surface area contributed by atoms with Gasteiger partial charge in [0.15, 0.2) is 5.78 Å². The molecule has 0 aliphatic carbocycles. The van der Waals surface area contributed by atoms with Crippen molar-refractivity contribution in [3.8, 4) is 0 Å². The minimum atomic E-state index is -1.08. The Morgan fingerprint density at radius 3 is 2.24 bits per heavy atom. The summed E-state index contributed by atoms with van der Waals surface area (Å²) in [6.07, 6.45) is -1.06. The van der Waals surface area contributed by atoms with Crippen LogP contribution in [0, 0.1) is 5.82 Å². The predicted molar refractivity (Wildman–Crippen MR) is 131 cm³/mol. The Bertz CT molecular complexity index is 1060. The van der Waals surface area contributed by atoms with E-state index < -0.39 is 34.9 Å². The third kappa shape index (κ3) is 8.78. The number of Topliss-reactive ketones (excluding diaryl/α,β-unsaturated/α-hetero) is 1. The van der Waals surface area contributed by atoms with Crippen molar-refractivity contribution in [3.05, 3.63) is 70.0 Å². The molecular weight excluding hydrogens is 459 g/mol. The van der Waals surface area contributed by atoms with Crippen LogP contribution in [0.15, 0.2) is 42.5 Å². The van der Waals surface area contributed by atoms with Crippen LogP contribution >= 0.6 is 11.6 Å². The van der Waals surface area contributed by atoms with E-state index in [1.165, 1.54) is 6.07 Å². The largest absolute Gasteiger partial charge is 0.444 e. The van der Waals surface area contributed by atoms with Gasteiger partial charge < -0.3 is 15.4 Å². The van der Waals surface area contributed by atoms with Crippen molar-refractivity contribution in [3.63, 3.8) is 0 Å². The zero-order valence-electron chi connectivity index (χ0n) is 20.4. The Morgan fingerprint density at radius 2 is 1.65 bits per heavy atom. The molecule has 0 fully saturated rings. The highest BCUT2D eigenvalue weighted by Gasteiger charge is 2.27. The number of hydrogen-bond donors (Lipinski definition) is 2. The molecule has 0 saturated carbocycles. The van der Waals surface area contributed by atoms with Gasteiger partial charge >= 0.3 is 6.09 Å². The van der Waals surface area contributed by atoms with Crippen LogP contribution in [0.4, 0.5) is 9.18 Å². The number of benzene rings is 2. The molecule has 0 aliphatic rings. The fraction of sp³-hybridized carbons (Fsp3) is 0.423. The highest BCUT2D eigenvalue weighted by atomic mass is 35.5. The van der Waals surface area contributed by atoms with E-state index in [4.69, 9.17) is 16.3 Å². The topological polar surface area (TPSA) is 84.5 Å². The van der Waals surface area contributed by atoms with Crippen molar-refractivity contribution in [2.45, 2.75) is 71.6 Å². The number of carbonyl (C=O) groups is 3. The van der Waals surface area contributed by atoms with Crippen molar-refractivity contribution >= 4 is 29.4 Å². The van der Waals surface area contributed by atoms with Gasteiger partial charge in [0.05, 0.1) is 6.04 Å². The van der Waals surface area contributed by atoms with Crippen molar-refractivity contribution < 1.29 is 23.5 Å². The minimum absolute atomic E-state index is 0.0746. The number of nitrogens with one attached hydrogen (secondary N) is 2. The lowest BCUT2D eigenvalue weighted by molar-refractivity contribution is -0.120. The summed E-state index contributed by atoms with van der Waals surface area (Å²) in [6, 6.07) is 9.63. The highest BCUT2D eigenvalue weighted by molar-refractivity contribution is 6.30. The molecule has 0 heterocycles. The Morgan fingerprint density at radius 1 is 1.00 bits per heavy atom. The maximum atomic E-state index is 14.3. The molecule has 0 radical (unpaired) electrons. The van der Waals surface area contributed by atoms with Crippen LogP contribution < -0.4 is 10.6 Å². The highest BCUT2D eigenvalue weighted by Crippen LogP contribution is 2.20. The summed E-state index contributed by atoms with van der Waals surface area (Å²) >= 11 is 6.14. The molecule has 0 aromatic heterocycles. The molecule has 8 heteroatoms. The van der Waals surface area contributed by atoms with Crippen LogP contribution in [0.3, 0.4) is 0 Å². The average molecular weight is 491 g/mol. The van der Waals surface area contributed by atoms with E-state index in [9.17, 15) is 18.8 Å². The minimum Gasteiger partial charge on any atom is -0.444 e. The van der Waals surface area contributed by atoms with E-state index in [-0.39, 0.29) is 24.3 Å². The first-order valence-corrected chi connectivity index (χ1v) is 11.4. The van der Waals surface area contributed by atoms with Gasteiger partial charge in [-0.3, -0.25) is 9.59 Å². The van der Waals surface area contributed by atoms with E-state index in [1.54, 1.807) is 57.2 Å². The fourth-order valence-corrected chi connectivity index (χ4v) is 3.42. The first-order chi connectivity index (χ1) is 15.6. The third-order valence-corrected chi connectivity index (χ3v) is 4.86. The Hall–Kier alpha value is -2.93. The molecule has 2 aromatic rings. The van der Waals surface area contributed by atoms with E-state index in [0.717, 1.165) is 0 Å². The number of hydrogen-bond acceptors (Lipinski definition) is 4. The summed E-state index contributed by atoms with van der Waals surface area (Å²) in [5, 5.41) is 5.79. The molecule has 2 rings (SSSR count). The lowest BCUT2D eigenvalue weighted by atomic mass is 9.94. The summed E-state index contributed by atoms with van der Waals surface area (Å²) in [4.78, 5) is 38.6. The van der Waals surface area contributed by atoms with Gasteiger partial charge in [-0.15, -0.1) is 0 Å². The van der Waals surface area contributed by atoms with Crippen molar-refractivity contribution in [1.82, 2.24) is 10.6 Å². The molecule has 0 spiro atoms. The maximum absolute atomic E-state index is 14.3. The van der Waals surface area contributed by atoms with Gasteiger partial charge in [0.2, 0.25) is 0 Å². The lowest BCUT2D eigenvalue weighted by Gasteiger charge is -2.24. The number of halogens is 2. The number of ether oxygens (including phenoxy) is 1. The quantitative estimate of drug-likeness (QED) is 0.554. The molecule has 0 bridgehead atoms. The molecule has 0 unspecified atom stereocenters. The second kappa shape index (κ2) is 11.0. The molecule has 2 aromatic carbocycles. The van der Waals surface area contributed by atoms with Crippen LogP contribution in [0.5, 0.6) is 0 Å². The molecule has 2 amide bonds. The summed E-state index contributed by atoms with van der Waals surface area (Å²) in [5.41, 5.74) is -0.281. The molecule has 0 saturated heterocycles. The second-order valence-corrected chi connectivity index (χ2v) is 10.6. The summed E-state index contributed by atoms with van der Waals surface area (Å²) in [7, 11) is 0. The van der Waals surface area contributed by atoms with Crippen LogP contribution in [0.2, 0.25) is 5.02 Å². The monoisotopic (exact) mass is 490 g/mol. The summed E-state index contributed by atoms with van der Waals surface area (Å²) < 4.78 is 19.6. The van der Waals surface area contributed by atoms with Gasteiger partial charge in [0.25, 0.3) is 5.91 Å². The molecule has 0 aliphatic heterocycles. The molecular formula is C26H32ClFN2O4. The number of carbonyl (C=O) groups excluding carboxylic acids is 3. The Kier molecular flexibility index (Phi) is 8.83. The van der Waals surface area contributed by atoms with Gasteiger partial charge in [0, 0.05) is 29.0 Å². The Balaban J connectivity index is 2.34. The van der Waals surface area contributed by atoms with Crippen LogP contribution in [-0.2, 0) is 22.4 Å². The van der Waals surface area contributed by atoms with Crippen molar-refractivity contribution in [2.75, 3.05) is 0 Å². The zero-order valence-corrected chi connectivity index (χ0v) is 21.2. The average Bonchev–Trinajstić information content (AvgIpc) is 2.66. The number of ketones is 1. The van der Waals surface area contributed by atoms with Crippen molar-refractivity contribution in [1.29, 1.82) is 0 Å². The maximum Gasteiger partial charge on any atom is 0.408 e. The first-order valence-electron chi connectivity index (χ1n) is 11.0. The van der Waals surface area contributed by atoms with Gasteiger partial charge in [-0.1, -0.05) is 29.8 Å². The number of amides is 2. The van der Waals surface area contributed by atoms with Gasteiger partial charge in [-0.2, -0.15) is 0 Å². The number of rotatable bonds is 7. The predicted octanol–water partition coefficient (Wildman–Crippen LogP) is 5.26. The number of alkyl carbamates (subject to hydrolysis) is 1. The molecule has 184 valence electrons. The normalized spacial score (nSPS) is 12.6. The van der Waals surface area contributed by atoms with Gasteiger partial charge in [0.1, 0.15) is 11.4 Å². The lowest BCUT2D eigenvalue weighted by Crippen LogP contribution is -2.45. The standard InChI is InChI=1S/C26H32ClFN2O4/c1-25(2,3)30-23(32)19-12-11-18(27)13-17(19)15-22(31)21(29-24(33)34-26(4,5)6)14-16-9-7-8-10-20(16)28/h7-13,21H,14-15H2,1-6H3,(H,29,33)(H,30,32)/t21-/m1/s1. The fourth-order valence-electron chi connectivity index (χ4n) is 3.23. The summed E-state index contributed by atoms with van der Waals surface area (Å²) in [5.74, 6) is -1.25. The second-order valence-electron chi connectivity index (χ2n) is 10.1. The van der Waals surface area contributed by atoms with E-state index in [1.807, 2.05) is 20.8 Å². The molecule has 34 heavy (non-hydrogen) atoms. The van der Waals surface area contributed by atoms with E-state index in [2.05, 4.69) is 10.6 Å². The van der Waals surface area contributed by atoms with Crippen LogP contribution in [-0.4, -0.2) is 35.0 Å². The SMILES string of the molecule is CC(C)(C)NC(=O)c1ccc(Cl)cc1CC(=O)[C@@H](Cc1ccccc1F)NC(=O)OC(C)(C)C. The molecule has 2 N–H and O–H groups in total. The van der Waals surface area contributed by atoms with Crippen LogP contribution in [0.1, 0.15) is 63.0 Å². The van der Waals surface area contributed by atoms with Crippen molar-refractivity contribution in [2.24, 2.45) is 0 Å². The van der Waals surface area contributed by atoms with Gasteiger partial charge in [-0.05, 0) is 76.9 Å². The summed E-state index contributed by atoms with van der Waals surface area (Å²) in [6.45, 7) is 10.6. The zero-order chi connectivity index (χ0) is 25.7. The molecule has 1 atom stereocenters. The third-order valence-electron chi connectivity index (χ3n) is 4.63. The van der Waals surface area contributed by atoms with E-state index in [0.29, 0.717) is 16.1 Å². The Labute approximate surface area is 205 Å².